The van der Waals surface area contributed by atoms with E-state index in [1.54, 1.807) is 23.3 Å². The maximum absolute atomic E-state index is 12.4. The highest BCUT2D eigenvalue weighted by Gasteiger charge is 2.23. The van der Waals surface area contributed by atoms with E-state index in [1.165, 1.54) is 11.3 Å². The summed E-state index contributed by atoms with van der Waals surface area (Å²) in [7, 11) is 1.74. The largest absolute Gasteiger partial charge is 0.452 e. The standard InChI is InChI=1S/C20H23NO3S/c1-14(15-8-4-3-5-9-15)21(2)19(22)12-24-20(23)17-13-25-18-11-7-6-10-16(17)18/h3-5,8-9,13-14H,6-7,10-12H2,1-2H3/t14-/m0/s1. The van der Waals surface area contributed by atoms with Gasteiger partial charge in [0.1, 0.15) is 0 Å². The van der Waals surface area contributed by atoms with Crippen LogP contribution in [0.4, 0.5) is 0 Å². The van der Waals surface area contributed by atoms with Gasteiger partial charge in [-0.3, -0.25) is 4.79 Å². The van der Waals surface area contributed by atoms with E-state index in [4.69, 9.17) is 4.74 Å². The summed E-state index contributed by atoms with van der Waals surface area (Å²) in [5.41, 5.74) is 2.82. The van der Waals surface area contributed by atoms with Crippen molar-refractivity contribution >= 4 is 23.2 Å². The summed E-state index contributed by atoms with van der Waals surface area (Å²) in [6.45, 7) is 1.74. The van der Waals surface area contributed by atoms with Crippen molar-refractivity contribution in [2.75, 3.05) is 13.7 Å². The Labute approximate surface area is 152 Å². The van der Waals surface area contributed by atoms with E-state index in [2.05, 4.69) is 0 Å². The number of ether oxygens (including phenoxy) is 1. The number of hydrogen-bond acceptors (Lipinski definition) is 4. The molecule has 1 aliphatic carbocycles. The minimum atomic E-state index is -0.381. The molecule has 4 nitrogen and oxygen atoms in total. The predicted molar refractivity (Wildman–Crippen MR) is 98.9 cm³/mol. The van der Waals surface area contributed by atoms with Gasteiger partial charge in [0.2, 0.25) is 0 Å². The van der Waals surface area contributed by atoms with E-state index in [0.29, 0.717) is 5.56 Å². The average molecular weight is 357 g/mol. The van der Waals surface area contributed by atoms with Crippen LogP contribution in [-0.2, 0) is 22.4 Å². The summed E-state index contributed by atoms with van der Waals surface area (Å²) >= 11 is 1.63. The van der Waals surface area contributed by atoms with Crippen LogP contribution in [-0.4, -0.2) is 30.4 Å². The Kier molecular flexibility index (Phi) is 5.53. The molecule has 5 heteroatoms. The van der Waals surface area contributed by atoms with Gasteiger partial charge in [0, 0.05) is 17.3 Å². The summed E-state index contributed by atoms with van der Waals surface area (Å²) in [6.07, 6.45) is 4.27. The van der Waals surface area contributed by atoms with Crippen molar-refractivity contribution in [2.24, 2.45) is 0 Å². The fraction of sp³-hybridized carbons (Fsp3) is 0.400. The van der Waals surface area contributed by atoms with E-state index < -0.39 is 0 Å². The van der Waals surface area contributed by atoms with Crippen LogP contribution in [0.2, 0.25) is 0 Å². The maximum Gasteiger partial charge on any atom is 0.339 e. The molecule has 2 aromatic rings. The van der Waals surface area contributed by atoms with Gasteiger partial charge >= 0.3 is 5.97 Å². The Bertz CT molecular complexity index is 754. The van der Waals surface area contributed by atoms with Crippen molar-refractivity contribution in [1.29, 1.82) is 0 Å². The molecule has 0 saturated heterocycles. The normalized spacial score (nSPS) is 14.5. The van der Waals surface area contributed by atoms with Crippen molar-refractivity contribution < 1.29 is 14.3 Å². The van der Waals surface area contributed by atoms with Crippen LogP contribution in [0, 0.1) is 0 Å². The number of fused-ring (bicyclic) bond motifs is 1. The average Bonchev–Trinajstić information content (AvgIpc) is 3.09. The number of carbonyl (C=O) groups is 2. The smallest absolute Gasteiger partial charge is 0.339 e. The van der Waals surface area contributed by atoms with Gasteiger partial charge in [-0.25, -0.2) is 4.79 Å². The van der Waals surface area contributed by atoms with Crippen LogP contribution in [0.1, 0.15) is 52.2 Å². The SMILES string of the molecule is C[C@@H](c1ccccc1)N(C)C(=O)COC(=O)c1csc2c1CCCC2. The number of esters is 1. The number of benzene rings is 1. The minimum absolute atomic E-state index is 0.0682. The van der Waals surface area contributed by atoms with Crippen molar-refractivity contribution in [2.45, 2.75) is 38.6 Å². The number of likely N-dealkylation sites (N-methyl/N-ethyl adjacent to an activating group) is 1. The van der Waals surface area contributed by atoms with Gasteiger partial charge in [-0.15, -0.1) is 11.3 Å². The lowest BCUT2D eigenvalue weighted by atomic mass is 9.96. The molecular formula is C20H23NO3S. The number of rotatable bonds is 5. The first-order valence-corrected chi connectivity index (χ1v) is 9.53. The van der Waals surface area contributed by atoms with Crippen LogP contribution >= 0.6 is 11.3 Å². The van der Waals surface area contributed by atoms with Gasteiger partial charge < -0.3 is 9.64 Å². The highest BCUT2D eigenvalue weighted by Crippen LogP contribution is 2.30. The molecule has 132 valence electrons. The highest BCUT2D eigenvalue weighted by atomic mass is 32.1. The van der Waals surface area contributed by atoms with Crippen LogP contribution in [0.3, 0.4) is 0 Å². The monoisotopic (exact) mass is 357 g/mol. The summed E-state index contributed by atoms with van der Waals surface area (Å²) in [4.78, 5) is 27.6. The van der Waals surface area contributed by atoms with E-state index >= 15 is 0 Å². The molecule has 1 amide bonds. The highest BCUT2D eigenvalue weighted by molar-refractivity contribution is 7.10. The fourth-order valence-corrected chi connectivity index (χ4v) is 4.26. The lowest BCUT2D eigenvalue weighted by Gasteiger charge is -2.25. The third-order valence-electron chi connectivity index (χ3n) is 4.86. The Balaban J connectivity index is 1.58. The van der Waals surface area contributed by atoms with Crippen LogP contribution in [0.25, 0.3) is 0 Å². The van der Waals surface area contributed by atoms with Gasteiger partial charge in [0.15, 0.2) is 6.61 Å². The van der Waals surface area contributed by atoms with Crippen molar-refractivity contribution in [3.8, 4) is 0 Å². The third-order valence-corrected chi connectivity index (χ3v) is 5.95. The molecule has 0 radical (unpaired) electrons. The third kappa shape index (κ3) is 3.93. The van der Waals surface area contributed by atoms with Gasteiger partial charge in [0.25, 0.3) is 5.91 Å². The predicted octanol–water partition coefficient (Wildman–Crippen LogP) is 4.00. The molecule has 0 aliphatic heterocycles. The molecular weight excluding hydrogens is 334 g/mol. The molecule has 1 aromatic carbocycles. The minimum Gasteiger partial charge on any atom is -0.452 e. The zero-order valence-electron chi connectivity index (χ0n) is 14.7. The van der Waals surface area contributed by atoms with Gasteiger partial charge in [-0.2, -0.15) is 0 Å². The second-order valence-corrected chi connectivity index (χ2v) is 7.39. The summed E-state index contributed by atoms with van der Waals surface area (Å²) in [6, 6.07) is 9.74. The van der Waals surface area contributed by atoms with E-state index in [9.17, 15) is 9.59 Å². The molecule has 1 heterocycles. The second-order valence-electron chi connectivity index (χ2n) is 6.43. The van der Waals surface area contributed by atoms with E-state index in [1.807, 2.05) is 42.6 Å². The molecule has 3 rings (SSSR count). The molecule has 0 spiro atoms. The summed E-state index contributed by atoms with van der Waals surface area (Å²) in [5.74, 6) is -0.581. The summed E-state index contributed by atoms with van der Waals surface area (Å²) < 4.78 is 5.30. The molecule has 0 N–H and O–H groups in total. The molecule has 0 saturated carbocycles. The zero-order chi connectivity index (χ0) is 17.8. The second kappa shape index (κ2) is 7.83. The first-order valence-electron chi connectivity index (χ1n) is 8.65. The van der Waals surface area contributed by atoms with E-state index in [0.717, 1.165) is 30.4 Å². The number of hydrogen-bond donors (Lipinski definition) is 0. The zero-order valence-corrected chi connectivity index (χ0v) is 15.5. The van der Waals surface area contributed by atoms with Crippen LogP contribution < -0.4 is 0 Å². The number of nitrogens with zero attached hydrogens (tertiary/aromatic N) is 1. The molecule has 1 aliphatic rings. The van der Waals surface area contributed by atoms with Crippen molar-refractivity contribution in [3.63, 3.8) is 0 Å². The Morgan fingerprint density at radius 2 is 1.92 bits per heavy atom. The van der Waals surface area contributed by atoms with Crippen LogP contribution in [0.15, 0.2) is 35.7 Å². The number of thiophene rings is 1. The molecule has 25 heavy (non-hydrogen) atoms. The molecule has 1 atom stereocenters. The lowest BCUT2D eigenvalue weighted by Crippen LogP contribution is -2.33. The lowest BCUT2D eigenvalue weighted by molar-refractivity contribution is -0.135. The van der Waals surface area contributed by atoms with E-state index in [-0.39, 0.29) is 24.5 Å². The van der Waals surface area contributed by atoms with Gasteiger partial charge in [-0.05, 0) is 43.7 Å². The first kappa shape index (κ1) is 17.7. The number of amides is 1. The number of aryl methyl sites for hydroxylation is 1. The quantitative estimate of drug-likeness (QED) is 0.760. The molecule has 0 unspecified atom stereocenters. The molecule has 1 aromatic heterocycles. The molecule has 0 bridgehead atoms. The maximum atomic E-state index is 12.4. The first-order chi connectivity index (χ1) is 12.1. The van der Waals surface area contributed by atoms with Crippen LogP contribution in [0.5, 0.6) is 0 Å². The van der Waals surface area contributed by atoms with Gasteiger partial charge in [0.05, 0.1) is 11.6 Å². The van der Waals surface area contributed by atoms with Crippen molar-refractivity contribution in [3.05, 3.63) is 57.3 Å². The Morgan fingerprint density at radius 1 is 1.20 bits per heavy atom. The van der Waals surface area contributed by atoms with Crippen molar-refractivity contribution in [1.82, 2.24) is 4.90 Å². The fourth-order valence-electron chi connectivity index (χ4n) is 3.14. The molecule has 0 fully saturated rings. The van der Waals surface area contributed by atoms with Gasteiger partial charge in [-0.1, -0.05) is 30.3 Å². The Hall–Kier alpha value is -2.14. The topological polar surface area (TPSA) is 46.6 Å². The Morgan fingerprint density at radius 3 is 2.68 bits per heavy atom. The number of carbonyl (C=O) groups excluding carboxylic acids is 2. The summed E-state index contributed by atoms with van der Waals surface area (Å²) in [5, 5.41) is 1.87.